The van der Waals surface area contributed by atoms with Crippen molar-refractivity contribution >= 4 is 34.5 Å². The van der Waals surface area contributed by atoms with Gasteiger partial charge in [0.2, 0.25) is 0 Å². The van der Waals surface area contributed by atoms with Crippen LogP contribution in [0, 0.1) is 0 Å². The molecular formula is C10H20IN3O4. The van der Waals surface area contributed by atoms with E-state index in [1.54, 1.807) is 21.1 Å². The lowest BCUT2D eigenvalue weighted by molar-refractivity contribution is -0.152. The Balaban J connectivity index is 5.30. The molecule has 0 saturated heterocycles. The van der Waals surface area contributed by atoms with E-state index in [9.17, 15) is 9.59 Å². The van der Waals surface area contributed by atoms with Gasteiger partial charge in [-0.2, -0.15) is 0 Å². The van der Waals surface area contributed by atoms with E-state index in [1.807, 2.05) is 22.6 Å². The lowest BCUT2D eigenvalue weighted by atomic mass is 10.00. The molecule has 0 aromatic heterocycles. The first-order chi connectivity index (χ1) is 8.35. The van der Waals surface area contributed by atoms with Crippen LogP contribution in [0.3, 0.4) is 0 Å². The second kappa shape index (κ2) is 7.22. The molecule has 0 radical (unpaired) electrons. The number of esters is 2. The van der Waals surface area contributed by atoms with Gasteiger partial charge in [-0.05, 0) is 43.7 Å². The molecule has 8 heteroatoms. The predicted molar refractivity (Wildman–Crippen MR) is 75.3 cm³/mol. The van der Waals surface area contributed by atoms with Crippen molar-refractivity contribution in [3.05, 3.63) is 0 Å². The maximum Gasteiger partial charge on any atom is 0.341 e. The van der Waals surface area contributed by atoms with Crippen molar-refractivity contribution in [2.45, 2.75) is 15.6 Å². The fourth-order valence-corrected chi connectivity index (χ4v) is 2.33. The van der Waals surface area contributed by atoms with Crippen molar-refractivity contribution < 1.29 is 19.1 Å². The number of hydrogen-bond acceptors (Lipinski definition) is 7. The smallest absolute Gasteiger partial charge is 0.341 e. The summed E-state index contributed by atoms with van der Waals surface area (Å²) in [5.41, 5.74) is -1.17. The maximum atomic E-state index is 11.9. The largest absolute Gasteiger partial charge is 0.467 e. The van der Waals surface area contributed by atoms with Crippen LogP contribution in [0.15, 0.2) is 0 Å². The number of carbonyl (C=O) groups is 2. The van der Waals surface area contributed by atoms with Gasteiger partial charge >= 0.3 is 11.9 Å². The molecule has 1 unspecified atom stereocenters. The molecule has 0 bridgehead atoms. The molecule has 106 valence electrons. The number of hydrogen-bond donors (Lipinski definition) is 3. The Labute approximate surface area is 120 Å². The molecule has 0 spiro atoms. The number of likely N-dealkylation sites (N-methyl/N-ethyl adjacent to an activating group) is 3. The van der Waals surface area contributed by atoms with Gasteiger partial charge in [-0.25, -0.2) is 9.59 Å². The first-order valence-corrected chi connectivity index (χ1v) is 6.36. The minimum atomic E-state index is -1.17. The number of nitrogens with one attached hydrogen (secondary N) is 3. The van der Waals surface area contributed by atoms with Gasteiger partial charge in [-0.1, -0.05) is 0 Å². The first kappa shape index (κ1) is 17.6. The summed E-state index contributed by atoms with van der Waals surface area (Å²) in [7, 11) is 7.43. The molecule has 7 nitrogen and oxygen atoms in total. The number of carbonyl (C=O) groups excluding carboxylic acids is 2. The van der Waals surface area contributed by atoms with Crippen LogP contribution in [-0.4, -0.2) is 56.5 Å². The Kier molecular flexibility index (Phi) is 7.04. The molecule has 1 atom stereocenters. The summed E-state index contributed by atoms with van der Waals surface area (Å²) in [6, 6.07) is 0. The van der Waals surface area contributed by atoms with Crippen LogP contribution < -0.4 is 16.0 Å². The monoisotopic (exact) mass is 373 g/mol. The van der Waals surface area contributed by atoms with Gasteiger partial charge in [0.25, 0.3) is 0 Å². The fraction of sp³-hybridized carbons (Fsp3) is 0.800. The van der Waals surface area contributed by atoms with E-state index in [-0.39, 0.29) is 6.42 Å². The van der Waals surface area contributed by atoms with Crippen molar-refractivity contribution in [2.24, 2.45) is 0 Å². The Bertz CT molecular complexity index is 309. The van der Waals surface area contributed by atoms with Crippen LogP contribution in [0.1, 0.15) is 6.42 Å². The summed E-state index contributed by atoms with van der Waals surface area (Å²) in [5, 5.41) is 8.55. The summed E-state index contributed by atoms with van der Waals surface area (Å²) in [4.78, 5) is 23.7. The number of rotatable bonds is 7. The van der Waals surface area contributed by atoms with Gasteiger partial charge in [0, 0.05) is 6.42 Å². The highest BCUT2D eigenvalue weighted by atomic mass is 127. The first-order valence-electron chi connectivity index (χ1n) is 5.28. The normalized spacial score (nSPS) is 14.8. The average Bonchev–Trinajstić information content (AvgIpc) is 2.42. The summed E-state index contributed by atoms with van der Waals surface area (Å²) in [5.74, 6) is -0.975. The molecule has 0 heterocycles. The van der Waals surface area contributed by atoms with Crippen LogP contribution in [0.5, 0.6) is 0 Å². The molecule has 0 aromatic carbocycles. The van der Waals surface area contributed by atoms with E-state index >= 15 is 0 Å². The lowest BCUT2D eigenvalue weighted by Crippen LogP contribution is -2.66. The summed E-state index contributed by atoms with van der Waals surface area (Å²) in [6.45, 7) is 0. The molecular weight excluding hydrogens is 353 g/mol. The van der Waals surface area contributed by atoms with Gasteiger partial charge in [-0.3, -0.25) is 16.0 Å². The number of methoxy groups -OCH3 is 2. The number of ether oxygens (including phenoxy) is 2. The highest BCUT2D eigenvalue weighted by molar-refractivity contribution is 14.1. The molecule has 0 aliphatic rings. The third-order valence-electron chi connectivity index (χ3n) is 2.80. The van der Waals surface area contributed by atoms with E-state index in [0.29, 0.717) is 0 Å². The van der Waals surface area contributed by atoms with E-state index in [4.69, 9.17) is 9.47 Å². The number of alkyl halides is 1. The Hall–Kier alpha value is -0.450. The zero-order chi connectivity index (χ0) is 14.4. The van der Waals surface area contributed by atoms with Crippen molar-refractivity contribution in [1.82, 2.24) is 16.0 Å². The SMILES string of the molecule is CNC(I)(CC(NC)(NC)C(=O)OC)C(=O)OC. The molecule has 3 N–H and O–H groups in total. The standard InChI is InChI=1S/C10H20IN3O4/c1-12-9(11,7(15)17-4)6-10(13-2,14-3)8(16)18-5/h12-14H,6H2,1-5H3. The van der Waals surface area contributed by atoms with E-state index in [1.165, 1.54) is 14.2 Å². The van der Waals surface area contributed by atoms with Gasteiger partial charge in [0.05, 0.1) is 14.2 Å². The van der Waals surface area contributed by atoms with E-state index < -0.39 is 21.1 Å². The molecule has 0 rings (SSSR count). The fourth-order valence-electron chi connectivity index (χ4n) is 1.54. The van der Waals surface area contributed by atoms with E-state index in [0.717, 1.165) is 0 Å². The van der Waals surface area contributed by atoms with E-state index in [2.05, 4.69) is 16.0 Å². The third-order valence-corrected chi connectivity index (χ3v) is 4.16. The van der Waals surface area contributed by atoms with Crippen molar-refractivity contribution in [2.75, 3.05) is 35.4 Å². The minimum Gasteiger partial charge on any atom is -0.467 e. The van der Waals surface area contributed by atoms with Crippen LogP contribution in [0.25, 0.3) is 0 Å². The van der Waals surface area contributed by atoms with Crippen molar-refractivity contribution in [3.63, 3.8) is 0 Å². The molecule has 0 amide bonds. The molecule has 18 heavy (non-hydrogen) atoms. The van der Waals surface area contributed by atoms with Crippen molar-refractivity contribution in [3.8, 4) is 0 Å². The minimum absolute atomic E-state index is 0.114. The third kappa shape index (κ3) is 3.53. The van der Waals surface area contributed by atoms with Gasteiger partial charge in [0.1, 0.15) is 0 Å². The maximum absolute atomic E-state index is 11.9. The highest BCUT2D eigenvalue weighted by Crippen LogP contribution is 2.27. The van der Waals surface area contributed by atoms with Crippen LogP contribution >= 0.6 is 22.6 Å². The zero-order valence-corrected chi connectivity index (χ0v) is 13.4. The molecule has 0 aliphatic heterocycles. The molecule has 0 saturated carbocycles. The van der Waals surface area contributed by atoms with Gasteiger partial charge in [0.15, 0.2) is 9.21 Å². The molecule has 0 aliphatic carbocycles. The Morgan fingerprint density at radius 3 is 1.72 bits per heavy atom. The average molecular weight is 373 g/mol. The van der Waals surface area contributed by atoms with Crippen molar-refractivity contribution in [1.29, 1.82) is 0 Å². The molecule has 0 aromatic rings. The highest BCUT2D eigenvalue weighted by Gasteiger charge is 2.48. The topological polar surface area (TPSA) is 88.7 Å². The summed E-state index contributed by atoms with van der Waals surface area (Å²) in [6.07, 6.45) is 0.114. The van der Waals surface area contributed by atoms with Crippen LogP contribution in [0.4, 0.5) is 0 Å². The summed E-state index contributed by atoms with van der Waals surface area (Å²) >= 11 is 1.91. The van der Waals surface area contributed by atoms with Gasteiger partial charge < -0.3 is 9.47 Å². The molecule has 0 fully saturated rings. The zero-order valence-electron chi connectivity index (χ0n) is 11.2. The second-order valence-electron chi connectivity index (χ2n) is 3.62. The van der Waals surface area contributed by atoms with Crippen LogP contribution in [0.2, 0.25) is 0 Å². The number of halogens is 1. The van der Waals surface area contributed by atoms with Gasteiger partial charge in [-0.15, -0.1) is 0 Å². The summed E-state index contributed by atoms with van der Waals surface area (Å²) < 4.78 is 8.44. The predicted octanol–water partition coefficient (Wildman–Crippen LogP) is -0.792. The Morgan fingerprint density at radius 1 is 1.00 bits per heavy atom. The second-order valence-corrected chi connectivity index (χ2v) is 5.46. The Morgan fingerprint density at radius 2 is 1.44 bits per heavy atom. The lowest BCUT2D eigenvalue weighted by Gasteiger charge is -2.36. The van der Waals surface area contributed by atoms with Crippen LogP contribution in [-0.2, 0) is 19.1 Å². The quantitative estimate of drug-likeness (QED) is 0.177.